The number of alkyl halides is 3. The average molecular weight is 280 g/mol. The summed E-state index contributed by atoms with van der Waals surface area (Å²) in [5.74, 6) is 0. The second kappa shape index (κ2) is 6.05. The number of halogens is 3. The van der Waals surface area contributed by atoms with Crippen molar-refractivity contribution >= 4 is 0 Å². The van der Waals surface area contributed by atoms with E-state index in [0.29, 0.717) is 6.42 Å². The minimum Gasteiger partial charge on any atom is -0.313 e. The van der Waals surface area contributed by atoms with Gasteiger partial charge in [-0.05, 0) is 36.7 Å². The molecule has 0 aliphatic carbocycles. The van der Waals surface area contributed by atoms with Crippen molar-refractivity contribution in [1.82, 2.24) is 10.3 Å². The normalized spacial score (nSPS) is 13.2. The van der Waals surface area contributed by atoms with E-state index >= 15 is 0 Å². The van der Waals surface area contributed by atoms with Gasteiger partial charge in [0.2, 0.25) is 0 Å². The van der Waals surface area contributed by atoms with Crippen LogP contribution in [-0.2, 0) is 12.6 Å². The number of likely N-dealkylation sites (N-methyl/N-ethyl adjacent to an activating group) is 1. The van der Waals surface area contributed by atoms with Crippen molar-refractivity contribution in [1.29, 1.82) is 0 Å². The molecule has 2 nitrogen and oxygen atoms in total. The largest absolute Gasteiger partial charge is 0.416 e. The van der Waals surface area contributed by atoms with Crippen molar-refractivity contribution in [3.8, 4) is 0 Å². The number of aromatic nitrogens is 1. The smallest absolute Gasteiger partial charge is 0.313 e. The van der Waals surface area contributed by atoms with E-state index < -0.39 is 17.8 Å². The summed E-state index contributed by atoms with van der Waals surface area (Å²) < 4.78 is 39.1. The highest BCUT2D eigenvalue weighted by molar-refractivity contribution is 5.33. The lowest BCUT2D eigenvalue weighted by Gasteiger charge is -2.21. The van der Waals surface area contributed by atoms with Gasteiger partial charge >= 0.3 is 6.18 Å². The van der Waals surface area contributed by atoms with Gasteiger partial charge in [0, 0.05) is 18.4 Å². The van der Waals surface area contributed by atoms with Crippen LogP contribution in [-0.4, -0.2) is 12.0 Å². The zero-order chi connectivity index (χ0) is 14.6. The van der Waals surface area contributed by atoms with Gasteiger partial charge in [-0.2, -0.15) is 13.2 Å². The molecule has 0 saturated carbocycles. The minimum atomic E-state index is -4.35. The highest BCUT2D eigenvalue weighted by atomic mass is 19.4. The predicted molar refractivity (Wildman–Crippen MR) is 71.2 cm³/mol. The van der Waals surface area contributed by atoms with Gasteiger partial charge in [-0.25, -0.2) is 0 Å². The van der Waals surface area contributed by atoms with Crippen LogP contribution in [0, 0.1) is 0 Å². The van der Waals surface area contributed by atoms with Gasteiger partial charge in [0.25, 0.3) is 0 Å². The summed E-state index contributed by atoms with van der Waals surface area (Å²) >= 11 is 0. The van der Waals surface area contributed by atoms with Gasteiger partial charge in [0.05, 0.1) is 5.56 Å². The lowest BCUT2D eigenvalue weighted by Crippen LogP contribution is -2.22. The van der Waals surface area contributed by atoms with Crippen LogP contribution in [0.4, 0.5) is 13.2 Å². The maximum atomic E-state index is 13.0. The van der Waals surface area contributed by atoms with Crippen LogP contribution in [0.25, 0.3) is 0 Å². The topological polar surface area (TPSA) is 24.9 Å². The van der Waals surface area contributed by atoms with Crippen LogP contribution in [0.5, 0.6) is 0 Å². The molecule has 1 aromatic heterocycles. The Morgan fingerprint density at radius 1 is 1.15 bits per heavy atom. The zero-order valence-electron chi connectivity index (χ0n) is 11.0. The number of hydrogen-bond acceptors (Lipinski definition) is 2. The summed E-state index contributed by atoms with van der Waals surface area (Å²) in [5, 5.41) is 2.95. The summed E-state index contributed by atoms with van der Waals surface area (Å²) in [4.78, 5) is 3.99. The third-order valence-electron chi connectivity index (χ3n) is 3.15. The number of nitrogens with zero attached hydrogens (tertiary/aromatic N) is 1. The number of rotatable bonds is 4. The molecule has 0 fully saturated rings. The summed E-state index contributed by atoms with van der Waals surface area (Å²) in [5.41, 5.74) is 0.554. The molecule has 1 atom stereocenters. The molecular weight excluding hydrogens is 265 g/mol. The predicted octanol–water partition coefficient (Wildman–Crippen LogP) is 3.60. The first kappa shape index (κ1) is 14.5. The summed E-state index contributed by atoms with van der Waals surface area (Å²) in [7, 11) is 1.66. The molecule has 20 heavy (non-hydrogen) atoms. The standard InChI is InChI=1S/C15H15F3N2/c1-19-14(9-11-5-4-8-20-10-11)12-6-2-3-7-13(12)15(16,17)18/h2-8,10,14,19H,9H2,1H3. The first-order valence-corrected chi connectivity index (χ1v) is 6.24. The number of pyridine rings is 1. The lowest BCUT2D eigenvalue weighted by atomic mass is 9.95. The van der Waals surface area contributed by atoms with E-state index in [4.69, 9.17) is 0 Å². The van der Waals surface area contributed by atoms with E-state index in [1.54, 1.807) is 31.6 Å². The second-order valence-electron chi connectivity index (χ2n) is 4.49. The third-order valence-corrected chi connectivity index (χ3v) is 3.15. The highest BCUT2D eigenvalue weighted by Crippen LogP contribution is 2.35. The molecule has 5 heteroatoms. The number of hydrogen-bond donors (Lipinski definition) is 1. The molecule has 1 aromatic carbocycles. The van der Waals surface area contributed by atoms with E-state index in [2.05, 4.69) is 10.3 Å². The van der Waals surface area contributed by atoms with Gasteiger partial charge in [-0.3, -0.25) is 4.98 Å². The van der Waals surface area contributed by atoms with Crippen molar-refractivity contribution in [2.45, 2.75) is 18.6 Å². The fraction of sp³-hybridized carbons (Fsp3) is 0.267. The molecule has 1 N–H and O–H groups in total. The van der Waals surface area contributed by atoms with Crippen LogP contribution >= 0.6 is 0 Å². The van der Waals surface area contributed by atoms with Crippen molar-refractivity contribution in [2.75, 3.05) is 7.05 Å². The van der Waals surface area contributed by atoms with Crippen LogP contribution < -0.4 is 5.32 Å². The SMILES string of the molecule is CNC(Cc1cccnc1)c1ccccc1C(F)(F)F. The quantitative estimate of drug-likeness (QED) is 0.925. The van der Waals surface area contributed by atoms with Gasteiger partial charge < -0.3 is 5.32 Å². The van der Waals surface area contributed by atoms with E-state index in [1.165, 1.54) is 12.1 Å². The number of nitrogens with one attached hydrogen (secondary N) is 1. The van der Waals surface area contributed by atoms with Crippen LogP contribution in [0.15, 0.2) is 48.8 Å². The van der Waals surface area contributed by atoms with E-state index in [1.807, 2.05) is 6.07 Å². The summed E-state index contributed by atoms with van der Waals surface area (Å²) in [6, 6.07) is 8.88. The van der Waals surface area contributed by atoms with Gasteiger partial charge in [-0.1, -0.05) is 24.3 Å². The Hall–Kier alpha value is -1.88. The molecule has 0 aliphatic heterocycles. The average Bonchev–Trinajstić information content (AvgIpc) is 2.45. The third kappa shape index (κ3) is 3.36. The fourth-order valence-electron chi connectivity index (χ4n) is 2.18. The van der Waals surface area contributed by atoms with Crippen molar-refractivity contribution < 1.29 is 13.2 Å². The first-order chi connectivity index (χ1) is 9.52. The molecule has 0 saturated heterocycles. The van der Waals surface area contributed by atoms with Crippen molar-refractivity contribution in [3.63, 3.8) is 0 Å². The van der Waals surface area contributed by atoms with Crippen molar-refractivity contribution in [2.24, 2.45) is 0 Å². The molecule has 0 aliphatic rings. The van der Waals surface area contributed by atoms with E-state index in [0.717, 1.165) is 11.6 Å². The van der Waals surface area contributed by atoms with E-state index in [-0.39, 0.29) is 5.56 Å². The van der Waals surface area contributed by atoms with Crippen molar-refractivity contribution in [3.05, 3.63) is 65.5 Å². The minimum absolute atomic E-state index is 0.256. The Labute approximate surface area is 115 Å². The Morgan fingerprint density at radius 3 is 2.50 bits per heavy atom. The maximum absolute atomic E-state index is 13.0. The number of benzene rings is 1. The van der Waals surface area contributed by atoms with Crippen LogP contribution in [0.3, 0.4) is 0 Å². The Bertz CT molecular complexity index is 553. The molecule has 2 rings (SSSR count). The maximum Gasteiger partial charge on any atom is 0.416 e. The summed E-state index contributed by atoms with van der Waals surface area (Å²) in [6.45, 7) is 0. The van der Waals surface area contributed by atoms with E-state index in [9.17, 15) is 13.2 Å². The molecule has 0 spiro atoms. The summed E-state index contributed by atoms with van der Waals surface area (Å²) in [6.07, 6.45) is -0.583. The molecule has 106 valence electrons. The molecular formula is C15H15F3N2. The molecule has 0 amide bonds. The zero-order valence-corrected chi connectivity index (χ0v) is 11.0. The highest BCUT2D eigenvalue weighted by Gasteiger charge is 2.34. The molecule has 0 radical (unpaired) electrons. The molecule has 1 heterocycles. The molecule has 1 unspecified atom stereocenters. The Kier molecular flexibility index (Phi) is 4.39. The molecule has 0 bridgehead atoms. The van der Waals surface area contributed by atoms with Gasteiger partial charge in [-0.15, -0.1) is 0 Å². The molecule has 2 aromatic rings. The van der Waals surface area contributed by atoms with Crippen LogP contribution in [0.2, 0.25) is 0 Å². The first-order valence-electron chi connectivity index (χ1n) is 6.24. The Balaban J connectivity index is 2.33. The fourth-order valence-corrected chi connectivity index (χ4v) is 2.18. The van der Waals surface area contributed by atoms with Crippen LogP contribution in [0.1, 0.15) is 22.7 Å². The van der Waals surface area contributed by atoms with Gasteiger partial charge in [0.15, 0.2) is 0 Å². The lowest BCUT2D eigenvalue weighted by molar-refractivity contribution is -0.138. The van der Waals surface area contributed by atoms with Gasteiger partial charge in [0.1, 0.15) is 0 Å². The second-order valence-corrected chi connectivity index (χ2v) is 4.49. The Morgan fingerprint density at radius 2 is 1.90 bits per heavy atom. The monoisotopic (exact) mass is 280 g/mol.